The van der Waals surface area contributed by atoms with Gasteiger partial charge in [0, 0.05) is 18.3 Å². The van der Waals surface area contributed by atoms with Crippen LogP contribution >= 0.6 is 0 Å². The van der Waals surface area contributed by atoms with E-state index in [1.165, 1.54) is 16.7 Å². The predicted molar refractivity (Wildman–Crippen MR) is 63.4 cm³/mol. The Morgan fingerprint density at radius 2 is 2.00 bits per heavy atom. The van der Waals surface area contributed by atoms with Gasteiger partial charge >= 0.3 is 0 Å². The molecular weight excluding hydrogens is 170 g/mol. The van der Waals surface area contributed by atoms with Gasteiger partial charge in [-0.05, 0) is 24.5 Å². The Morgan fingerprint density at radius 3 is 2.50 bits per heavy atom. The fraction of sp³-hybridized carbons (Fsp3) is 0.385. The zero-order chi connectivity index (χ0) is 10.7. The van der Waals surface area contributed by atoms with Gasteiger partial charge in [-0.3, -0.25) is 0 Å². The quantitative estimate of drug-likeness (QED) is 0.769. The number of aryl methyl sites for hydroxylation is 1. The Hall–Kier alpha value is -1.24. The highest BCUT2D eigenvalue weighted by Gasteiger charge is 2.08. The molecule has 1 aromatic carbocycles. The van der Waals surface area contributed by atoms with E-state index in [-0.39, 0.29) is 0 Å². The molecule has 0 spiro atoms. The summed E-state index contributed by atoms with van der Waals surface area (Å²) in [6.45, 7) is 10.5. The van der Waals surface area contributed by atoms with Crippen LogP contribution in [0.5, 0.6) is 0 Å². The van der Waals surface area contributed by atoms with E-state index in [0.29, 0.717) is 5.92 Å². The van der Waals surface area contributed by atoms with Gasteiger partial charge in [-0.25, -0.2) is 0 Å². The van der Waals surface area contributed by atoms with Crippen molar-refractivity contribution >= 4 is 5.70 Å². The summed E-state index contributed by atoms with van der Waals surface area (Å²) in [6, 6.07) is 6.54. The second kappa shape index (κ2) is 4.32. The van der Waals surface area contributed by atoms with Crippen molar-refractivity contribution in [1.29, 1.82) is 0 Å². The van der Waals surface area contributed by atoms with Gasteiger partial charge in [0.15, 0.2) is 0 Å². The van der Waals surface area contributed by atoms with E-state index < -0.39 is 0 Å². The van der Waals surface area contributed by atoms with Gasteiger partial charge in [0.25, 0.3) is 0 Å². The lowest BCUT2D eigenvalue weighted by atomic mass is 9.94. The van der Waals surface area contributed by atoms with E-state index >= 15 is 0 Å². The van der Waals surface area contributed by atoms with Gasteiger partial charge in [-0.15, -0.1) is 0 Å². The number of hydrogen-bond acceptors (Lipinski definition) is 1. The highest BCUT2D eigenvalue weighted by Crippen LogP contribution is 2.24. The number of rotatable bonds is 3. The van der Waals surface area contributed by atoms with Crippen molar-refractivity contribution in [3.05, 3.63) is 41.5 Å². The lowest BCUT2D eigenvalue weighted by Crippen LogP contribution is -2.06. The predicted octanol–water partition coefficient (Wildman–Crippen LogP) is 3.31. The van der Waals surface area contributed by atoms with Crippen LogP contribution in [0.15, 0.2) is 24.8 Å². The van der Waals surface area contributed by atoms with Gasteiger partial charge < -0.3 is 5.32 Å². The third kappa shape index (κ3) is 2.16. The Kier molecular flexibility index (Phi) is 3.34. The first-order valence-corrected chi connectivity index (χ1v) is 5.03. The average molecular weight is 189 g/mol. The Morgan fingerprint density at radius 1 is 1.36 bits per heavy atom. The van der Waals surface area contributed by atoms with Crippen molar-refractivity contribution < 1.29 is 0 Å². The molecule has 0 bridgehead atoms. The second-order valence-corrected chi connectivity index (χ2v) is 3.97. The van der Waals surface area contributed by atoms with Gasteiger partial charge in [-0.2, -0.15) is 0 Å². The molecule has 1 N–H and O–H groups in total. The minimum atomic E-state index is 0.538. The van der Waals surface area contributed by atoms with Crippen molar-refractivity contribution in [2.75, 3.05) is 7.05 Å². The molecule has 76 valence electrons. The smallest absolute Gasteiger partial charge is 0.0341 e. The lowest BCUT2D eigenvalue weighted by Gasteiger charge is -2.15. The third-order valence-corrected chi connectivity index (χ3v) is 2.46. The minimum absolute atomic E-state index is 0.538. The maximum Gasteiger partial charge on any atom is 0.0341 e. The maximum atomic E-state index is 4.02. The van der Waals surface area contributed by atoms with Crippen molar-refractivity contribution in [1.82, 2.24) is 5.32 Å². The van der Waals surface area contributed by atoms with E-state index in [1.807, 2.05) is 7.05 Å². The normalized spacial score (nSPS) is 10.4. The molecule has 0 fully saturated rings. The molecule has 0 amide bonds. The summed E-state index contributed by atoms with van der Waals surface area (Å²) >= 11 is 0. The van der Waals surface area contributed by atoms with E-state index in [4.69, 9.17) is 0 Å². The number of hydrogen-bond donors (Lipinski definition) is 1. The van der Waals surface area contributed by atoms with Gasteiger partial charge in [0.05, 0.1) is 0 Å². The standard InChI is InChI=1S/C13H19N/c1-9(2)12-7-6-10(3)8-13(12)11(4)14-5/h6-9,14H,4H2,1-3,5H3. The molecule has 0 unspecified atom stereocenters. The van der Waals surface area contributed by atoms with Crippen LogP contribution in [-0.4, -0.2) is 7.05 Å². The van der Waals surface area contributed by atoms with E-state index in [2.05, 4.69) is 50.9 Å². The summed E-state index contributed by atoms with van der Waals surface area (Å²) in [6.07, 6.45) is 0. The first-order chi connectivity index (χ1) is 6.56. The summed E-state index contributed by atoms with van der Waals surface area (Å²) in [4.78, 5) is 0. The molecule has 1 nitrogen and oxygen atoms in total. The summed E-state index contributed by atoms with van der Waals surface area (Å²) in [5.74, 6) is 0.538. The van der Waals surface area contributed by atoms with Crippen LogP contribution in [-0.2, 0) is 0 Å². The topological polar surface area (TPSA) is 12.0 Å². The van der Waals surface area contributed by atoms with Crippen LogP contribution < -0.4 is 5.32 Å². The molecule has 1 rings (SSSR count). The Labute approximate surface area is 86.8 Å². The van der Waals surface area contributed by atoms with Crippen molar-refractivity contribution in [3.63, 3.8) is 0 Å². The largest absolute Gasteiger partial charge is 0.388 e. The van der Waals surface area contributed by atoms with Crippen LogP contribution in [0, 0.1) is 6.92 Å². The molecule has 14 heavy (non-hydrogen) atoms. The van der Waals surface area contributed by atoms with Crippen LogP contribution in [0.25, 0.3) is 5.70 Å². The maximum absolute atomic E-state index is 4.02. The molecule has 0 aromatic heterocycles. The fourth-order valence-corrected chi connectivity index (χ4v) is 1.57. The average Bonchev–Trinajstić information content (AvgIpc) is 2.16. The molecule has 0 aliphatic rings. The lowest BCUT2D eigenvalue weighted by molar-refractivity contribution is 0.859. The zero-order valence-electron chi connectivity index (χ0n) is 9.52. The third-order valence-electron chi connectivity index (χ3n) is 2.46. The molecule has 1 aromatic rings. The molecule has 0 aliphatic heterocycles. The minimum Gasteiger partial charge on any atom is -0.388 e. The summed E-state index contributed by atoms with van der Waals surface area (Å²) in [5, 5.41) is 3.11. The van der Waals surface area contributed by atoms with Gasteiger partial charge in [-0.1, -0.05) is 38.1 Å². The van der Waals surface area contributed by atoms with E-state index in [1.54, 1.807) is 0 Å². The van der Waals surface area contributed by atoms with Gasteiger partial charge in [0.2, 0.25) is 0 Å². The number of benzene rings is 1. The monoisotopic (exact) mass is 189 g/mol. The van der Waals surface area contributed by atoms with Gasteiger partial charge in [0.1, 0.15) is 0 Å². The molecule has 0 saturated carbocycles. The molecule has 1 heteroatoms. The van der Waals surface area contributed by atoms with Crippen molar-refractivity contribution in [3.8, 4) is 0 Å². The second-order valence-electron chi connectivity index (χ2n) is 3.97. The molecule has 0 radical (unpaired) electrons. The Bertz CT molecular complexity index is 337. The highest BCUT2D eigenvalue weighted by atomic mass is 14.8. The van der Waals surface area contributed by atoms with E-state index in [0.717, 1.165) is 5.70 Å². The Balaban J connectivity index is 3.22. The summed E-state index contributed by atoms with van der Waals surface area (Å²) < 4.78 is 0. The summed E-state index contributed by atoms with van der Waals surface area (Å²) in [7, 11) is 1.91. The molecule has 0 atom stereocenters. The fourth-order valence-electron chi connectivity index (χ4n) is 1.57. The SMILES string of the molecule is C=C(NC)c1cc(C)ccc1C(C)C. The van der Waals surface area contributed by atoms with Crippen LogP contribution in [0.4, 0.5) is 0 Å². The molecule has 0 heterocycles. The van der Waals surface area contributed by atoms with E-state index in [9.17, 15) is 0 Å². The first kappa shape index (κ1) is 10.8. The van der Waals surface area contributed by atoms with Crippen LogP contribution in [0.1, 0.15) is 36.5 Å². The van der Waals surface area contributed by atoms with Crippen LogP contribution in [0.3, 0.4) is 0 Å². The highest BCUT2D eigenvalue weighted by molar-refractivity contribution is 5.65. The molecular formula is C13H19N. The first-order valence-electron chi connectivity index (χ1n) is 5.03. The van der Waals surface area contributed by atoms with Crippen molar-refractivity contribution in [2.45, 2.75) is 26.7 Å². The number of nitrogens with one attached hydrogen (secondary N) is 1. The van der Waals surface area contributed by atoms with Crippen LogP contribution in [0.2, 0.25) is 0 Å². The molecule has 0 aliphatic carbocycles. The molecule has 0 saturated heterocycles. The zero-order valence-corrected chi connectivity index (χ0v) is 9.52. The summed E-state index contributed by atoms with van der Waals surface area (Å²) in [5.41, 5.74) is 4.87. The van der Waals surface area contributed by atoms with Crippen molar-refractivity contribution in [2.24, 2.45) is 0 Å².